The molecule has 0 atom stereocenters. The first kappa shape index (κ1) is 9.09. The molecule has 0 aliphatic rings. The molecule has 0 amide bonds. The highest BCUT2D eigenvalue weighted by atomic mass is 35.5. The van der Waals surface area contributed by atoms with Gasteiger partial charge in [0.15, 0.2) is 0 Å². The second kappa shape index (κ2) is 3.60. The maximum atomic E-state index is 8.72. The Balaban J connectivity index is 3.28. The summed E-state index contributed by atoms with van der Waals surface area (Å²) >= 11 is 5.72. The zero-order valence-corrected chi connectivity index (χ0v) is 7.94. The molecule has 12 heavy (non-hydrogen) atoms. The highest BCUT2D eigenvalue weighted by Gasteiger charge is 2.02. The average Bonchev–Trinajstić information content (AvgIpc) is 2.08. The van der Waals surface area contributed by atoms with E-state index < -0.39 is 0 Å². The number of aryl methyl sites for hydroxylation is 2. The quantitative estimate of drug-likeness (QED) is 0.609. The van der Waals surface area contributed by atoms with Gasteiger partial charge in [-0.2, -0.15) is 5.26 Å². The Morgan fingerprint density at radius 2 is 2.00 bits per heavy atom. The summed E-state index contributed by atoms with van der Waals surface area (Å²) < 4.78 is 0. The van der Waals surface area contributed by atoms with E-state index in [0.717, 1.165) is 22.3 Å². The monoisotopic (exact) mass is 179 g/mol. The zero-order chi connectivity index (χ0) is 9.14. The Bertz CT molecular complexity index is 336. The van der Waals surface area contributed by atoms with Crippen molar-refractivity contribution in [2.45, 2.75) is 19.7 Å². The third-order valence-electron chi connectivity index (χ3n) is 1.95. The number of rotatable bonds is 1. The highest BCUT2D eigenvalue weighted by Crippen LogP contribution is 2.16. The standard InChI is InChI=1S/C10H10ClN/c1-7-4-10(6-12)8(2)3-9(7)5-11/h3-4H,5H2,1-2H3. The van der Waals surface area contributed by atoms with Crippen LogP contribution in [0, 0.1) is 25.2 Å². The van der Waals surface area contributed by atoms with Crippen molar-refractivity contribution in [1.82, 2.24) is 0 Å². The fourth-order valence-electron chi connectivity index (χ4n) is 1.14. The second-order valence-corrected chi connectivity index (χ2v) is 3.11. The fraction of sp³-hybridized carbons (Fsp3) is 0.300. The molecule has 0 aromatic heterocycles. The summed E-state index contributed by atoms with van der Waals surface area (Å²) in [6.45, 7) is 3.89. The van der Waals surface area contributed by atoms with Gasteiger partial charge < -0.3 is 0 Å². The molecular weight excluding hydrogens is 170 g/mol. The van der Waals surface area contributed by atoms with Gasteiger partial charge in [0.2, 0.25) is 0 Å². The molecule has 1 rings (SSSR count). The van der Waals surface area contributed by atoms with Crippen LogP contribution >= 0.6 is 11.6 Å². The van der Waals surface area contributed by atoms with Gasteiger partial charge in [-0.1, -0.05) is 6.07 Å². The first-order valence-corrected chi connectivity index (χ1v) is 4.28. The molecule has 0 fully saturated rings. The van der Waals surface area contributed by atoms with Gasteiger partial charge in [-0.05, 0) is 36.6 Å². The smallest absolute Gasteiger partial charge is 0.0994 e. The van der Waals surface area contributed by atoms with Crippen LogP contribution in [0.25, 0.3) is 0 Å². The van der Waals surface area contributed by atoms with Gasteiger partial charge in [-0.25, -0.2) is 0 Å². The first-order chi connectivity index (χ1) is 5.69. The summed E-state index contributed by atoms with van der Waals surface area (Å²) in [5, 5.41) is 8.72. The Morgan fingerprint density at radius 1 is 1.33 bits per heavy atom. The SMILES string of the molecule is Cc1cc(CCl)c(C)cc1C#N. The van der Waals surface area contributed by atoms with E-state index in [1.807, 2.05) is 26.0 Å². The molecule has 0 unspecified atom stereocenters. The predicted molar refractivity (Wildman–Crippen MR) is 50.2 cm³/mol. The van der Waals surface area contributed by atoms with E-state index in [4.69, 9.17) is 16.9 Å². The molecule has 0 N–H and O–H groups in total. The minimum Gasteiger partial charge on any atom is -0.192 e. The van der Waals surface area contributed by atoms with Gasteiger partial charge in [-0.3, -0.25) is 0 Å². The van der Waals surface area contributed by atoms with Crippen molar-refractivity contribution in [3.05, 3.63) is 34.4 Å². The van der Waals surface area contributed by atoms with Crippen LogP contribution < -0.4 is 0 Å². The van der Waals surface area contributed by atoms with Gasteiger partial charge in [-0.15, -0.1) is 11.6 Å². The maximum Gasteiger partial charge on any atom is 0.0994 e. The number of hydrogen-bond acceptors (Lipinski definition) is 1. The lowest BCUT2D eigenvalue weighted by Crippen LogP contribution is -1.90. The second-order valence-electron chi connectivity index (χ2n) is 2.84. The maximum absolute atomic E-state index is 8.72. The average molecular weight is 180 g/mol. The lowest BCUT2D eigenvalue weighted by Gasteiger charge is -2.04. The van der Waals surface area contributed by atoms with Crippen molar-refractivity contribution >= 4 is 11.6 Å². The number of alkyl halides is 1. The highest BCUT2D eigenvalue weighted by molar-refractivity contribution is 6.17. The van der Waals surface area contributed by atoms with E-state index in [-0.39, 0.29) is 0 Å². The van der Waals surface area contributed by atoms with Crippen molar-refractivity contribution in [1.29, 1.82) is 5.26 Å². The van der Waals surface area contributed by atoms with E-state index in [9.17, 15) is 0 Å². The summed E-state index contributed by atoms with van der Waals surface area (Å²) in [6.07, 6.45) is 0. The van der Waals surface area contributed by atoms with Crippen molar-refractivity contribution < 1.29 is 0 Å². The van der Waals surface area contributed by atoms with Crippen LogP contribution in [0.1, 0.15) is 22.3 Å². The minimum absolute atomic E-state index is 0.512. The van der Waals surface area contributed by atoms with E-state index in [0.29, 0.717) is 5.88 Å². The topological polar surface area (TPSA) is 23.8 Å². The molecule has 2 heteroatoms. The number of nitriles is 1. The predicted octanol–water partition coefficient (Wildman–Crippen LogP) is 2.91. The van der Waals surface area contributed by atoms with Crippen LogP contribution in [0.3, 0.4) is 0 Å². The number of halogens is 1. The lowest BCUT2D eigenvalue weighted by molar-refractivity contribution is 1.25. The van der Waals surface area contributed by atoms with E-state index >= 15 is 0 Å². The number of nitrogens with zero attached hydrogens (tertiary/aromatic N) is 1. The molecule has 1 aromatic rings. The largest absolute Gasteiger partial charge is 0.192 e. The molecule has 0 spiro atoms. The lowest BCUT2D eigenvalue weighted by atomic mass is 10.0. The summed E-state index contributed by atoms with van der Waals surface area (Å²) in [5.41, 5.74) is 3.93. The van der Waals surface area contributed by atoms with Gasteiger partial charge >= 0.3 is 0 Å². The first-order valence-electron chi connectivity index (χ1n) is 3.75. The van der Waals surface area contributed by atoms with E-state index in [1.54, 1.807) is 0 Å². The van der Waals surface area contributed by atoms with Crippen molar-refractivity contribution in [3.8, 4) is 6.07 Å². The molecule has 0 aliphatic heterocycles. The summed E-state index contributed by atoms with van der Waals surface area (Å²) in [6, 6.07) is 6.00. The van der Waals surface area contributed by atoms with Gasteiger partial charge in [0.25, 0.3) is 0 Å². The van der Waals surface area contributed by atoms with Gasteiger partial charge in [0.05, 0.1) is 11.6 Å². The molecule has 0 heterocycles. The summed E-state index contributed by atoms with van der Waals surface area (Å²) in [4.78, 5) is 0. The van der Waals surface area contributed by atoms with Crippen molar-refractivity contribution in [2.24, 2.45) is 0 Å². The third kappa shape index (κ3) is 1.60. The number of benzene rings is 1. The molecule has 0 saturated carbocycles. The Hall–Kier alpha value is -1.00. The fourth-order valence-corrected chi connectivity index (χ4v) is 1.43. The molecule has 1 aromatic carbocycles. The van der Waals surface area contributed by atoms with Gasteiger partial charge in [0.1, 0.15) is 0 Å². The van der Waals surface area contributed by atoms with Crippen molar-refractivity contribution in [3.63, 3.8) is 0 Å². The molecule has 1 nitrogen and oxygen atoms in total. The zero-order valence-electron chi connectivity index (χ0n) is 7.19. The Labute approximate surface area is 77.6 Å². The van der Waals surface area contributed by atoms with Crippen LogP contribution in [0.4, 0.5) is 0 Å². The summed E-state index contributed by atoms with van der Waals surface area (Å²) in [7, 11) is 0. The van der Waals surface area contributed by atoms with Crippen LogP contribution in [0.2, 0.25) is 0 Å². The van der Waals surface area contributed by atoms with Crippen molar-refractivity contribution in [2.75, 3.05) is 0 Å². The Morgan fingerprint density at radius 3 is 2.50 bits per heavy atom. The molecule has 0 saturated heterocycles. The summed E-state index contributed by atoms with van der Waals surface area (Å²) in [5.74, 6) is 0.512. The molecule has 0 radical (unpaired) electrons. The van der Waals surface area contributed by atoms with Gasteiger partial charge in [0, 0.05) is 5.88 Å². The van der Waals surface area contributed by atoms with Crippen LogP contribution in [-0.4, -0.2) is 0 Å². The normalized spacial score (nSPS) is 9.50. The molecule has 0 bridgehead atoms. The van der Waals surface area contributed by atoms with Crippen LogP contribution in [0.15, 0.2) is 12.1 Å². The molecule has 0 aliphatic carbocycles. The molecule has 62 valence electrons. The minimum atomic E-state index is 0.512. The van der Waals surface area contributed by atoms with Crippen LogP contribution in [-0.2, 0) is 5.88 Å². The van der Waals surface area contributed by atoms with E-state index in [2.05, 4.69) is 6.07 Å². The Kier molecular flexibility index (Phi) is 2.73. The van der Waals surface area contributed by atoms with E-state index in [1.165, 1.54) is 0 Å². The third-order valence-corrected chi connectivity index (χ3v) is 2.24. The van der Waals surface area contributed by atoms with Crippen LogP contribution in [0.5, 0.6) is 0 Å². The molecular formula is C10H10ClN. The number of hydrogen-bond donors (Lipinski definition) is 0.